The van der Waals surface area contributed by atoms with Crippen molar-refractivity contribution in [3.63, 3.8) is 0 Å². The second-order valence-corrected chi connectivity index (χ2v) is 8.59. The van der Waals surface area contributed by atoms with Gasteiger partial charge in [-0.05, 0) is 74.7 Å². The van der Waals surface area contributed by atoms with Crippen LogP contribution >= 0.6 is 0 Å². The lowest BCUT2D eigenvalue weighted by Gasteiger charge is -2.38. The van der Waals surface area contributed by atoms with E-state index in [4.69, 9.17) is 0 Å². The fourth-order valence-electron chi connectivity index (χ4n) is 4.69. The Morgan fingerprint density at radius 1 is 0.964 bits per heavy atom. The van der Waals surface area contributed by atoms with Gasteiger partial charge in [0.2, 0.25) is 0 Å². The van der Waals surface area contributed by atoms with Crippen molar-refractivity contribution in [1.82, 2.24) is 9.80 Å². The number of fused-ring (bicyclic) bond motifs is 1. The molecule has 4 heteroatoms. The van der Waals surface area contributed by atoms with Gasteiger partial charge in [0.05, 0.1) is 0 Å². The van der Waals surface area contributed by atoms with Gasteiger partial charge in [0.15, 0.2) is 0 Å². The number of likely N-dealkylation sites (tertiary alicyclic amines) is 1. The molecule has 1 fully saturated rings. The summed E-state index contributed by atoms with van der Waals surface area (Å²) in [7, 11) is 4.26. The Labute approximate surface area is 168 Å². The zero-order valence-electron chi connectivity index (χ0n) is 17.2. The zero-order chi connectivity index (χ0) is 19.5. The molecule has 28 heavy (non-hydrogen) atoms. The SMILES string of the molecule is CN(C)Cc1ccc2c(c1)N(C1CCN(CCc3ccc(F)cc3)CC1)CC2. The lowest BCUT2D eigenvalue weighted by molar-refractivity contribution is 0.212. The largest absolute Gasteiger partial charge is 0.368 e. The van der Waals surface area contributed by atoms with E-state index in [1.54, 1.807) is 12.1 Å². The van der Waals surface area contributed by atoms with Gasteiger partial charge in [-0.2, -0.15) is 0 Å². The Balaban J connectivity index is 1.32. The molecule has 0 aromatic heterocycles. The second-order valence-electron chi connectivity index (χ2n) is 8.59. The minimum Gasteiger partial charge on any atom is -0.368 e. The number of anilines is 1. The van der Waals surface area contributed by atoms with Gasteiger partial charge in [0.25, 0.3) is 0 Å². The predicted octanol–water partition coefficient (Wildman–Crippen LogP) is 3.96. The molecule has 0 amide bonds. The van der Waals surface area contributed by atoms with Crippen molar-refractivity contribution in [1.29, 1.82) is 0 Å². The van der Waals surface area contributed by atoms with E-state index < -0.39 is 0 Å². The first-order chi connectivity index (χ1) is 13.6. The molecular formula is C24H32FN3. The maximum Gasteiger partial charge on any atom is 0.123 e. The lowest BCUT2D eigenvalue weighted by atomic mass is 10.0. The lowest BCUT2D eigenvalue weighted by Crippen LogP contribution is -2.45. The van der Waals surface area contributed by atoms with Crippen LogP contribution in [0.3, 0.4) is 0 Å². The maximum atomic E-state index is 13.0. The van der Waals surface area contributed by atoms with Gasteiger partial charge in [-0.25, -0.2) is 4.39 Å². The molecule has 4 rings (SSSR count). The molecule has 0 atom stereocenters. The Hall–Kier alpha value is -1.91. The number of benzene rings is 2. The Kier molecular flexibility index (Phi) is 5.98. The Bertz CT molecular complexity index is 779. The summed E-state index contributed by atoms with van der Waals surface area (Å²) in [5, 5.41) is 0. The highest BCUT2D eigenvalue weighted by atomic mass is 19.1. The van der Waals surface area contributed by atoms with Crippen molar-refractivity contribution in [2.24, 2.45) is 0 Å². The number of hydrogen-bond donors (Lipinski definition) is 0. The van der Waals surface area contributed by atoms with Crippen LogP contribution in [0.1, 0.15) is 29.5 Å². The van der Waals surface area contributed by atoms with Crippen LogP contribution in [0.2, 0.25) is 0 Å². The highest BCUT2D eigenvalue weighted by molar-refractivity contribution is 5.60. The third kappa shape index (κ3) is 4.56. The molecule has 0 radical (unpaired) electrons. The van der Waals surface area contributed by atoms with Gasteiger partial charge in [-0.15, -0.1) is 0 Å². The van der Waals surface area contributed by atoms with Crippen LogP contribution in [0.5, 0.6) is 0 Å². The molecule has 2 heterocycles. The molecule has 2 aromatic rings. The average Bonchev–Trinajstić information content (AvgIpc) is 3.11. The molecule has 3 nitrogen and oxygen atoms in total. The van der Waals surface area contributed by atoms with E-state index in [9.17, 15) is 4.39 Å². The van der Waals surface area contributed by atoms with E-state index in [1.807, 2.05) is 12.1 Å². The normalized spacial score (nSPS) is 18.1. The van der Waals surface area contributed by atoms with Crippen molar-refractivity contribution in [2.45, 2.75) is 38.3 Å². The molecular weight excluding hydrogens is 349 g/mol. The van der Waals surface area contributed by atoms with Crippen LogP contribution < -0.4 is 4.90 Å². The van der Waals surface area contributed by atoms with Gasteiger partial charge in [-0.1, -0.05) is 24.3 Å². The summed E-state index contributed by atoms with van der Waals surface area (Å²) in [6.07, 6.45) is 4.66. The molecule has 0 bridgehead atoms. The van der Waals surface area contributed by atoms with Crippen LogP contribution in [0, 0.1) is 5.82 Å². The monoisotopic (exact) mass is 381 g/mol. The first-order valence-corrected chi connectivity index (χ1v) is 10.6. The highest BCUT2D eigenvalue weighted by Crippen LogP contribution is 2.33. The number of hydrogen-bond acceptors (Lipinski definition) is 3. The molecule has 0 saturated carbocycles. The van der Waals surface area contributed by atoms with Crippen LogP contribution in [-0.4, -0.2) is 56.1 Å². The number of halogens is 1. The summed E-state index contributed by atoms with van der Waals surface area (Å²) in [6.45, 7) is 5.57. The summed E-state index contributed by atoms with van der Waals surface area (Å²) in [5.74, 6) is -0.149. The molecule has 1 saturated heterocycles. The standard InChI is InChI=1S/C24H32FN3/c1-26(2)18-20-3-6-21-10-16-28(24(21)17-20)23-11-14-27(15-12-23)13-9-19-4-7-22(25)8-5-19/h3-8,17,23H,9-16,18H2,1-2H3. The van der Waals surface area contributed by atoms with Crippen molar-refractivity contribution in [3.8, 4) is 0 Å². The molecule has 2 aromatic carbocycles. The topological polar surface area (TPSA) is 9.72 Å². The average molecular weight is 382 g/mol. The van der Waals surface area contributed by atoms with E-state index in [1.165, 1.54) is 48.2 Å². The molecule has 2 aliphatic heterocycles. The smallest absolute Gasteiger partial charge is 0.123 e. The van der Waals surface area contributed by atoms with Crippen molar-refractivity contribution in [3.05, 3.63) is 65.0 Å². The first-order valence-electron chi connectivity index (χ1n) is 10.6. The Morgan fingerprint density at radius 2 is 1.68 bits per heavy atom. The maximum absolute atomic E-state index is 13.0. The molecule has 0 unspecified atom stereocenters. The van der Waals surface area contributed by atoms with Crippen LogP contribution in [0.4, 0.5) is 10.1 Å². The van der Waals surface area contributed by atoms with Crippen molar-refractivity contribution in [2.75, 3.05) is 45.2 Å². The van der Waals surface area contributed by atoms with E-state index in [2.05, 4.69) is 47.0 Å². The van der Waals surface area contributed by atoms with Crippen LogP contribution in [-0.2, 0) is 19.4 Å². The van der Waals surface area contributed by atoms with Crippen molar-refractivity contribution >= 4 is 5.69 Å². The van der Waals surface area contributed by atoms with Gasteiger partial charge < -0.3 is 14.7 Å². The molecule has 0 spiro atoms. The fraction of sp³-hybridized carbons (Fsp3) is 0.500. The van der Waals surface area contributed by atoms with E-state index in [0.29, 0.717) is 6.04 Å². The number of rotatable bonds is 6. The van der Waals surface area contributed by atoms with E-state index in [-0.39, 0.29) is 5.82 Å². The summed E-state index contributed by atoms with van der Waals surface area (Å²) in [5.41, 5.74) is 5.63. The van der Waals surface area contributed by atoms with E-state index >= 15 is 0 Å². The van der Waals surface area contributed by atoms with Gasteiger partial charge >= 0.3 is 0 Å². The van der Waals surface area contributed by atoms with Gasteiger partial charge in [0, 0.05) is 44.5 Å². The minimum absolute atomic E-state index is 0.149. The zero-order valence-corrected chi connectivity index (χ0v) is 17.2. The third-order valence-corrected chi connectivity index (χ3v) is 6.21. The number of piperidine rings is 1. The highest BCUT2D eigenvalue weighted by Gasteiger charge is 2.29. The summed E-state index contributed by atoms with van der Waals surface area (Å²) in [4.78, 5) is 7.48. The fourth-order valence-corrected chi connectivity index (χ4v) is 4.69. The Morgan fingerprint density at radius 3 is 2.39 bits per heavy atom. The van der Waals surface area contributed by atoms with Crippen LogP contribution in [0.15, 0.2) is 42.5 Å². The first kappa shape index (κ1) is 19.4. The number of nitrogens with zero attached hydrogens (tertiary/aromatic N) is 3. The molecule has 0 N–H and O–H groups in total. The molecule has 150 valence electrons. The van der Waals surface area contributed by atoms with Crippen LogP contribution in [0.25, 0.3) is 0 Å². The van der Waals surface area contributed by atoms with Gasteiger partial charge in [0.1, 0.15) is 5.82 Å². The van der Waals surface area contributed by atoms with E-state index in [0.717, 1.165) is 32.6 Å². The molecule has 0 aliphatic carbocycles. The summed E-state index contributed by atoms with van der Waals surface area (Å²) < 4.78 is 13.0. The summed E-state index contributed by atoms with van der Waals surface area (Å²) in [6, 6.07) is 14.7. The second kappa shape index (κ2) is 8.62. The third-order valence-electron chi connectivity index (χ3n) is 6.21. The summed E-state index contributed by atoms with van der Waals surface area (Å²) >= 11 is 0. The van der Waals surface area contributed by atoms with Gasteiger partial charge in [-0.3, -0.25) is 0 Å². The quantitative estimate of drug-likeness (QED) is 0.750. The van der Waals surface area contributed by atoms with Crippen molar-refractivity contribution < 1.29 is 4.39 Å². The molecule has 2 aliphatic rings. The predicted molar refractivity (Wildman–Crippen MR) is 114 cm³/mol. The minimum atomic E-state index is -0.149.